The Morgan fingerprint density at radius 2 is 1.96 bits per heavy atom. The van der Waals surface area contributed by atoms with E-state index in [9.17, 15) is 14.4 Å². The van der Waals surface area contributed by atoms with Gasteiger partial charge in [0.1, 0.15) is 6.04 Å². The van der Waals surface area contributed by atoms with Crippen molar-refractivity contribution in [3.8, 4) is 0 Å². The van der Waals surface area contributed by atoms with Gasteiger partial charge in [0.2, 0.25) is 5.91 Å². The fourth-order valence-corrected chi connectivity index (χ4v) is 4.20. The zero-order valence-corrected chi connectivity index (χ0v) is 15.9. The predicted molar refractivity (Wildman–Crippen MR) is 106 cm³/mol. The van der Waals surface area contributed by atoms with Crippen LogP contribution >= 0.6 is 0 Å². The van der Waals surface area contributed by atoms with E-state index in [1.807, 2.05) is 30.5 Å². The van der Waals surface area contributed by atoms with Crippen LogP contribution in [0.4, 0.5) is 4.79 Å². The molecule has 2 aliphatic rings. The van der Waals surface area contributed by atoms with Crippen molar-refractivity contribution in [2.45, 2.75) is 57.0 Å². The van der Waals surface area contributed by atoms with Gasteiger partial charge in [-0.15, -0.1) is 0 Å². The third-order valence-electron chi connectivity index (χ3n) is 5.77. The van der Waals surface area contributed by atoms with Crippen molar-refractivity contribution in [2.24, 2.45) is 0 Å². The summed E-state index contributed by atoms with van der Waals surface area (Å²) in [4.78, 5) is 41.4. The van der Waals surface area contributed by atoms with E-state index in [1.54, 1.807) is 0 Å². The standard InChI is InChI=1S/C21H26N4O3/c26-19(23-15-5-1-2-6-15)10-9-18-20(27)25(21(28)24-18)12-11-14-13-22-17-8-4-3-7-16(14)17/h3-4,7-8,13,15,18,22H,1-2,5-6,9-12H2,(H,23,26)(H,24,28). The molecular weight excluding hydrogens is 356 g/mol. The molecule has 1 aliphatic heterocycles. The Morgan fingerprint density at radius 1 is 1.18 bits per heavy atom. The molecule has 28 heavy (non-hydrogen) atoms. The molecule has 1 unspecified atom stereocenters. The van der Waals surface area contributed by atoms with Gasteiger partial charge < -0.3 is 15.6 Å². The Balaban J connectivity index is 1.29. The van der Waals surface area contributed by atoms with Crippen molar-refractivity contribution in [3.63, 3.8) is 0 Å². The molecule has 148 valence electrons. The van der Waals surface area contributed by atoms with Crippen molar-refractivity contribution >= 4 is 28.7 Å². The summed E-state index contributed by atoms with van der Waals surface area (Å²) in [5, 5.41) is 6.85. The molecule has 1 aromatic carbocycles. The van der Waals surface area contributed by atoms with Gasteiger partial charge in [-0.25, -0.2) is 4.79 Å². The Morgan fingerprint density at radius 3 is 2.79 bits per heavy atom. The first-order valence-corrected chi connectivity index (χ1v) is 10.1. The molecule has 1 aliphatic carbocycles. The van der Waals surface area contributed by atoms with Gasteiger partial charge in [0.15, 0.2) is 0 Å². The first-order chi connectivity index (χ1) is 13.6. The number of nitrogens with one attached hydrogen (secondary N) is 3. The number of imide groups is 1. The summed E-state index contributed by atoms with van der Waals surface area (Å²) in [5.74, 6) is -0.273. The van der Waals surface area contributed by atoms with Crippen molar-refractivity contribution < 1.29 is 14.4 Å². The number of aromatic nitrogens is 1. The lowest BCUT2D eigenvalue weighted by molar-refractivity contribution is -0.127. The molecule has 3 N–H and O–H groups in total. The highest BCUT2D eigenvalue weighted by molar-refractivity contribution is 6.04. The topological polar surface area (TPSA) is 94.3 Å². The zero-order chi connectivity index (χ0) is 19.5. The van der Waals surface area contributed by atoms with Crippen LogP contribution in [0.25, 0.3) is 10.9 Å². The molecule has 1 aromatic heterocycles. The number of hydrogen-bond acceptors (Lipinski definition) is 3. The van der Waals surface area contributed by atoms with Crippen LogP contribution in [0.1, 0.15) is 44.1 Å². The van der Waals surface area contributed by atoms with Gasteiger partial charge >= 0.3 is 6.03 Å². The van der Waals surface area contributed by atoms with Crippen LogP contribution in [-0.2, 0) is 16.0 Å². The third-order valence-corrected chi connectivity index (χ3v) is 5.77. The van der Waals surface area contributed by atoms with Crippen molar-refractivity contribution in [1.29, 1.82) is 0 Å². The van der Waals surface area contributed by atoms with Crippen LogP contribution in [0.2, 0.25) is 0 Å². The maximum atomic E-state index is 12.6. The van der Waals surface area contributed by atoms with Crippen molar-refractivity contribution in [2.75, 3.05) is 6.54 Å². The lowest BCUT2D eigenvalue weighted by atomic mass is 10.1. The molecule has 4 amide bonds. The maximum absolute atomic E-state index is 12.6. The van der Waals surface area contributed by atoms with Gasteiger partial charge in [0.05, 0.1) is 0 Å². The monoisotopic (exact) mass is 382 g/mol. The number of fused-ring (bicyclic) bond motifs is 1. The highest BCUT2D eigenvalue weighted by atomic mass is 16.2. The summed E-state index contributed by atoms with van der Waals surface area (Å²) in [6, 6.07) is 7.26. The predicted octanol–water partition coefficient (Wildman–Crippen LogP) is 2.47. The van der Waals surface area contributed by atoms with E-state index in [0.717, 1.165) is 42.1 Å². The molecule has 7 nitrogen and oxygen atoms in total. The molecular formula is C21H26N4O3. The summed E-state index contributed by atoms with van der Waals surface area (Å²) < 4.78 is 0. The molecule has 4 rings (SSSR count). The first kappa shape index (κ1) is 18.5. The number of amides is 4. The molecule has 1 saturated heterocycles. The quantitative estimate of drug-likeness (QED) is 0.642. The number of benzene rings is 1. The minimum absolute atomic E-state index is 0.0359. The normalized spacial score (nSPS) is 20.1. The fourth-order valence-electron chi connectivity index (χ4n) is 4.20. The lowest BCUT2D eigenvalue weighted by Crippen LogP contribution is -2.35. The molecule has 2 heterocycles. The molecule has 0 bridgehead atoms. The van der Waals surface area contributed by atoms with E-state index in [-0.39, 0.29) is 30.3 Å². The largest absolute Gasteiger partial charge is 0.361 e. The van der Waals surface area contributed by atoms with E-state index in [1.165, 1.54) is 4.90 Å². The molecule has 2 aromatic rings. The SMILES string of the molecule is O=C(CCC1NC(=O)N(CCc2c[nH]c3ccccc23)C1=O)NC1CCCC1. The minimum atomic E-state index is -0.607. The fraction of sp³-hybridized carbons (Fsp3) is 0.476. The lowest BCUT2D eigenvalue weighted by Gasteiger charge is -2.14. The number of carbonyl (C=O) groups is 3. The van der Waals surface area contributed by atoms with Crippen LogP contribution < -0.4 is 10.6 Å². The zero-order valence-electron chi connectivity index (χ0n) is 15.9. The van der Waals surface area contributed by atoms with Crippen LogP contribution in [0.15, 0.2) is 30.5 Å². The van der Waals surface area contributed by atoms with Crippen molar-refractivity contribution in [3.05, 3.63) is 36.0 Å². The van der Waals surface area contributed by atoms with Gasteiger partial charge in [-0.1, -0.05) is 31.0 Å². The van der Waals surface area contributed by atoms with Crippen LogP contribution in [0.5, 0.6) is 0 Å². The number of carbonyl (C=O) groups excluding carboxylic acids is 3. The molecule has 1 atom stereocenters. The Labute approximate surface area is 163 Å². The Bertz CT molecular complexity index is 885. The molecule has 0 spiro atoms. The minimum Gasteiger partial charge on any atom is -0.361 e. The van der Waals surface area contributed by atoms with E-state index >= 15 is 0 Å². The molecule has 1 saturated carbocycles. The van der Waals surface area contributed by atoms with E-state index in [2.05, 4.69) is 15.6 Å². The average molecular weight is 382 g/mol. The summed E-state index contributed by atoms with van der Waals surface area (Å²) in [6.07, 6.45) is 7.50. The van der Waals surface area contributed by atoms with Crippen LogP contribution in [-0.4, -0.2) is 46.4 Å². The average Bonchev–Trinajstić information content (AvgIpc) is 3.40. The number of urea groups is 1. The van der Waals surface area contributed by atoms with E-state index < -0.39 is 6.04 Å². The second-order valence-corrected chi connectivity index (χ2v) is 7.69. The van der Waals surface area contributed by atoms with Crippen LogP contribution in [0, 0.1) is 0 Å². The van der Waals surface area contributed by atoms with Gasteiger partial charge in [-0.05, 0) is 37.3 Å². The van der Waals surface area contributed by atoms with E-state index in [0.29, 0.717) is 19.4 Å². The molecule has 7 heteroatoms. The smallest absolute Gasteiger partial charge is 0.324 e. The van der Waals surface area contributed by atoms with Gasteiger partial charge in [0, 0.05) is 36.1 Å². The molecule has 2 fully saturated rings. The maximum Gasteiger partial charge on any atom is 0.324 e. The second-order valence-electron chi connectivity index (χ2n) is 7.69. The number of aromatic amines is 1. The van der Waals surface area contributed by atoms with Crippen LogP contribution in [0.3, 0.4) is 0 Å². The number of hydrogen-bond donors (Lipinski definition) is 3. The highest BCUT2D eigenvalue weighted by Crippen LogP contribution is 2.20. The second kappa shape index (κ2) is 8.04. The van der Waals surface area contributed by atoms with Gasteiger partial charge in [-0.3, -0.25) is 14.5 Å². The van der Waals surface area contributed by atoms with Crippen molar-refractivity contribution in [1.82, 2.24) is 20.5 Å². The molecule has 0 radical (unpaired) electrons. The number of para-hydroxylation sites is 1. The number of nitrogens with zero attached hydrogens (tertiary/aromatic N) is 1. The summed E-state index contributed by atoms with van der Waals surface area (Å²) in [7, 11) is 0. The highest BCUT2D eigenvalue weighted by Gasteiger charge is 2.37. The Hall–Kier alpha value is -2.83. The number of rotatable bonds is 7. The summed E-state index contributed by atoms with van der Waals surface area (Å²) in [5.41, 5.74) is 2.12. The van der Waals surface area contributed by atoms with Gasteiger partial charge in [0.25, 0.3) is 5.91 Å². The van der Waals surface area contributed by atoms with E-state index in [4.69, 9.17) is 0 Å². The Kier molecular flexibility index (Phi) is 5.32. The summed E-state index contributed by atoms with van der Waals surface area (Å²) >= 11 is 0. The number of H-pyrrole nitrogens is 1. The summed E-state index contributed by atoms with van der Waals surface area (Å²) in [6.45, 7) is 0.331. The third kappa shape index (κ3) is 3.88. The van der Waals surface area contributed by atoms with Gasteiger partial charge in [-0.2, -0.15) is 0 Å². The first-order valence-electron chi connectivity index (χ1n) is 10.1.